The molecule has 25 heavy (non-hydrogen) atoms. The average Bonchev–Trinajstić information content (AvgIpc) is 2.85. The second-order valence-corrected chi connectivity index (χ2v) is 7.16. The van der Waals surface area contributed by atoms with Crippen molar-refractivity contribution >= 4 is 15.7 Å². The Balaban J connectivity index is 2.02. The van der Waals surface area contributed by atoms with E-state index in [0.29, 0.717) is 22.8 Å². The van der Waals surface area contributed by atoms with Gasteiger partial charge in [-0.3, -0.25) is 4.72 Å². The Bertz CT molecular complexity index is 1010. The van der Waals surface area contributed by atoms with Crippen LogP contribution >= 0.6 is 0 Å². The molecule has 0 saturated heterocycles. The van der Waals surface area contributed by atoms with E-state index in [9.17, 15) is 17.9 Å². The third kappa shape index (κ3) is 3.34. The maximum absolute atomic E-state index is 13.1. The number of sulfonamides is 1. The van der Waals surface area contributed by atoms with Crippen molar-refractivity contribution in [3.8, 4) is 11.4 Å². The predicted molar refractivity (Wildman–Crippen MR) is 91.9 cm³/mol. The molecule has 0 unspecified atom stereocenters. The number of hydrogen-bond acceptors (Lipinski definition) is 4. The molecule has 3 aromatic rings. The molecule has 0 fully saturated rings. The maximum atomic E-state index is 13.1. The van der Waals surface area contributed by atoms with Crippen LogP contribution in [0, 0.1) is 19.7 Å². The summed E-state index contributed by atoms with van der Waals surface area (Å²) in [5, 5.41) is 13.6. The van der Waals surface area contributed by atoms with E-state index in [4.69, 9.17) is 0 Å². The van der Waals surface area contributed by atoms with E-state index in [2.05, 4.69) is 9.82 Å². The predicted octanol–water partition coefficient (Wildman–Crippen LogP) is 3.13. The van der Waals surface area contributed by atoms with Crippen LogP contribution < -0.4 is 4.72 Å². The average molecular weight is 361 g/mol. The summed E-state index contributed by atoms with van der Waals surface area (Å²) in [7, 11) is -3.87. The highest BCUT2D eigenvalue weighted by atomic mass is 32.2. The lowest BCUT2D eigenvalue weighted by Crippen LogP contribution is -2.14. The normalized spacial score (nSPS) is 11.5. The maximum Gasteiger partial charge on any atom is 0.265 e. The van der Waals surface area contributed by atoms with Gasteiger partial charge in [-0.2, -0.15) is 5.10 Å². The van der Waals surface area contributed by atoms with Crippen molar-refractivity contribution in [2.24, 2.45) is 0 Å². The molecule has 1 aromatic heterocycles. The lowest BCUT2D eigenvalue weighted by atomic mass is 10.3. The Labute approximate surface area is 144 Å². The first-order valence-corrected chi connectivity index (χ1v) is 8.90. The van der Waals surface area contributed by atoms with E-state index in [1.54, 1.807) is 13.8 Å². The SMILES string of the molecule is Cc1nn(-c2ccc(F)cc2)c(C)c1S(=O)(=O)Nc1ccc(O)cc1. The summed E-state index contributed by atoms with van der Waals surface area (Å²) >= 11 is 0. The second kappa shape index (κ2) is 6.21. The number of phenolic OH excluding ortho intramolecular Hbond substituents is 1. The number of aromatic hydroxyl groups is 1. The highest BCUT2D eigenvalue weighted by Crippen LogP contribution is 2.25. The van der Waals surface area contributed by atoms with E-state index < -0.39 is 10.0 Å². The van der Waals surface area contributed by atoms with Crippen LogP contribution in [0.5, 0.6) is 5.75 Å². The number of benzene rings is 2. The summed E-state index contributed by atoms with van der Waals surface area (Å²) in [5.74, 6) is -0.341. The Hall–Kier alpha value is -2.87. The van der Waals surface area contributed by atoms with Crippen LogP contribution in [0.15, 0.2) is 53.4 Å². The zero-order chi connectivity index (χ0) is 18.2. The van der Waals surface area contributed by atoms with Gasteiger partial charge in [-0.15, -0.1) is 0 Å². The van der Waals surface area contributed by atoms with E-state index >= 15 is 0 Å². The highest BCUT2D eigenvalue weighted by molar-refractivity contribution is 7.92. The van der Waals surface area contributed by atoms with Gasteiger partial charge in [-0.05, 0) is 62.4 Å². The Morgan fingerprint density at radius 3 is 2.24 bits per heavy atom. The molecule has 0 bridgehead atoms. The fraction of sp³-hybridized carbons (Fsp3) is 0.118. The van der Waals surface area contributed by atoms with Crippen molar-refractivity contribution in [1.82, 2.24) is 9.78 Å². The number of nitrogens with zero attached hydrogens (tertiary/aromatic N) is 2. The smallest absolute Gasteiger partial charge is 0.265 e. The topological polar surface area (TPSA) is 84.2 Å². The first-order valence-electron chi connectivity index (χ1n) is 7.42. The van der Waals surface area contributed by atoms with Gasteiger partial charge in [-0.1, -0.05) is 0 Å². The van der Waals surface area contributed by atoms with Crippen LogP contribution in [0.2, 0.25) is 0 Å². The molecular weight excluding hydrogens is 345 g/mol. The van der Waals surface area contributed by atoms with E-state index in [0.717, 1.165) is 0 Å². The number of rotatable bonds is 4. The Kier molecular flexibility index (Phi) is 4.22. The van der Waals surface area contributed by atoms with Gasteiger partial charge < -0.3 is 5.11 Å². The first kappa shape index (κ1) is 17.0. The zero-order valence-electron chi connectivity index (χ0n) is 13.6. The van der Waals surface area contributed by atoms with E-state index in [1.165, 1.54) is 53.2 Å². The highest BCUT2D eigenvalue weighted by Gasteiger charge is 2.25. The van der Waals surface area contributed by atoms with E-state index in [1.807, 2.05) is 0 Å². The number of phenols is 1. The quantitative estimate of drug-likeness (QED) is 0.699. The molecular formula is C17H16FN3O3S. The van der Waals surface area contributed by atoms with E-state index in [-0.39, 0.29) is 16.5 Å². The summed E-state index contributed by atoms with van der Waals surface area (Å²) < 4.78 is 42.5. The summed E-state index contributed by atoms with van der Waals surface area (Å²) in [5.41, 5.74) is 1.63. The number of anilines is 1. The molecule has 130 valence electrons. The molecule has 1 heterocycles. The Morgan fingerprint density at radius 2 is 1.64 bits per heavy atom. The number of nitrogens with one attached hydrogen (secondary N) is 1. The van der Waals surface area contributed by atoms with Crippen LogP contribution in [0.3, 0.4) is 0 Å². The fourth-order valence-corrected chi connectivity index (χ4v) is 4.04. The lowest BCUT2D eigenvalue weighted by molar-refractivity contribution is 0.475. The minimum Gasteiger partial charge on any atom is -0.508 e. The van der Waals surface area contributed by atoms with Gasteiger partial charge in [0.05, 0.1) is 17.1 Å². The van der Waals surface area contributed by atoms with Gasteiger partial charge in [0.25, 0.3) is 10.0 Å². The number of aromatic nitrogens is 2. The van der Waals surface area contributed by atoms with Crippen molar-refractivity contribution in [2.45, 2.75) is 18.7 Å². The molecule has 0 saturated carbocycles. The van der Waals surface area contributed by atoms with Gasteiger partial charge >= 0.3 is 0 Å². The molecule has 2 N–H and O–H groups in total. The summed E-state index contributed by atoms with van der Waals surface area (Å²) in [4.78, 5) is 0.0601. The third-order valence-electron chi connectivity index (χ3n) is 3.68. The van der Waals surface area contributed by atoms with Crippen molar-refractivity contribution in [3.63, 3.8) is 0 Å². The van der Waals surface area contributed by atoms with Gasteiger partial charge in [0.2, 0.25) is 0 Å². The second-order valence-electron chi connectivity index (χ2n) is 5.54. The molecule has 0 atom stereocenters. The minimum absolute atomic E-state index is 0.0411. The molecule has 0 amide bonds. The number of aryl methyl sites for hydroxylation is 1. The van der Waals surface area contributed by atoms with Crippen LogP contribution in [0.1, 0.15) is 11.4 Å². The number of hydrogen-bond donors (Lipinski definition) is 2. The standard InChI is InChI=1S/C17H16FN3O3S/c1-11-17(25(23,24)20-14-5-9-16(22)10-6-14)12(2)21(19-11)15-7-3-13(18)4-8-15/h3-10,20,22H,1-2H3. The Morgan fingerprint density at radius 1 is 1.04 bits per heavy atom. The van der Waals surface area contributed by atoms with Crippen LogP contribution in [0.4, 0.5) is 10.1 Å². The molecule has 0 aliphatic heterocycles. The minimum atomic E-state index is -3.87. The van der Waals surface area contributed by atoms with Crippen molar-refractivity contribution in [1.29, 1.82) is 0 Å². The van der Waals surface area contributed by atoms with Crippen molar-refractivity contribution in [3.05, 3.63) is 65.7 Å². The summed E-state index contributed by atoms with van der Waals surface area (Å²) in [6.45, 7) is 3.23. The molecule has 0 radical (unpaired) electrons. The van der Waals surface area contributed by atoms with Gasteiger partial charge in [0, 0.05) is 5.69 Å². The molecule has 0 aliphatic rings. The van der Waals surface area contributed by atoms with Gasteiger partial charge in [0.1, 0.15) is 16.5 Å². The molecule has 0 spiro atoms. The molecule has 8 heteroatoms. The van der Waals surface area contributed by atoms with Gasteiger partial charge in [0.15, 0.2) is 0 Å². The largest absolute Gasteiger partial charge is 0.508 e. The zero-order valence-corrected chi connectivity index (χ0v) is 14.4. The van der Waals surface area contributed by atoms with Crippen LogP contribution in [0.25, 0.3) is 5.69 Å². The summed E-state index contributed by atoms with van der Waals surface area (Å²) in [6.07, 6.45) is 0. The van der Waals surface area contributed by atoms with Gasteiger partial charge in [-0.25, -0.2) is 17.5 Å². The summed E-state index contributed by atoms with van der Waals surface area (Å²) in [6, 6.07) is 11.3. The fourth-order valence-electron chi connectivity index (χ4n) is 2.59. The van der Waals surface area contributed by atoms with Crippen LogP contribution in [-0.2, 0) is 10.0 Å². The monoisotopic (exact) mass is 361 g/mol. The molecule has 0 aliphatic carbocycles. The van der Waals surface area contributed by atoms with Crippen molar-refractivity contribution < 1.29 is 17.9 Å². The third-order valence-corrected chi connectivity index (χ3v) is 5.32. The van der Waals surface area contributed by atoms with Crippen molar-refractivity contribution in [2.75, 3.05) is 4.72 Å². The molecule has 6 nitrogen and oxygen atoms in total. The number of halogens is 1. The van der Waals surface area contributed by atoms with Crippen LogP contribution in [-0.4, -0.2) is 23.3 Å². The molecule has 3 rings (SSSR count). The molecule has 2 aromatic carbocycles. The first-order chi connectivity index (χ1) is 11.8. The lowest BCUT2D eigenvalue weighted by Gasteiger charge is -2.09.